The molecule has 0 bridgehead atoms. The van der Waals surface area contributed by atoms with E-state index in [2.05, 4.69) is 48.5 Å². The van der Waals surface area contributed by atoms with E-state index in [1.165, 1.54) is 32.1 Å². The minimum absolute atomic E-state index is 0.0202. The van der Waals surface area contributed by atoms with Crippen LogP contribution < -0.4 is 0 Å². The van der Waals surface area contributed by atoms with Crippen LogP contribution in [0.2, 0.25) is 0 Å². The lowest BCUT2D eigenvalue weighted by Gasteiger charge is -2.41. The Morgan fingerprint density at radius 3 is 2.00 bits per heavy atom. The Morgan fingerprint density at radius 1 is 0.889 bits per heavy atom. The molecule has 0 spiro atoms. The fourth-order valence-electron chi connectivity index (χ4n) is 4.36. The number of carbonyl (C=O) groups excluding carboxylic acids is 1. The van der Waals surface area contributed by atoms with Gasteiger partial charge in [0.1, 0.15) is 0 Å². The Bertz CT molecular complexity index is 377. The van der Waals surface area contributed by atoms with E-state index in [4.69, 9.17) is 4.74 Å². The van der Waals surface area contributed by atoms with Gasteiger partial charge in [0.05, 0.1) is 11.5 Å². The number of ether oxygens (including phenoxy) is 1. The van der Waals surface area contributed by atoms with E-state index in [-0.39, 0.29) is 17.5 Å². The molecule has 2 heteroatoms. The van der Waals surface area contributed by atoms with Crippen molar-refractivity contribution in [2.75, 3.05) is 0 Å². The van der Waals surface area contributed by atoms with E-state index >= 15 is 0 Å². The molecule has 0 aromatic heterocycles. The van der Waals surface area contributed by atoms with E-state index < -0.39 is 0 Å². The van der Waals surface area contributed by atoms with Crippen molar-refractivity contribution in [3.63, 3.8) is 0 Å². The second kappa shape index (κ2) is 14.5. The summed E-state index contributed by atoms with van der Waals surface area (Å²) in [4.78, 5) is 13.5. The molecule has 0 aliphatic rings. The van der Waals surface area contributed by atoms with Crippen molar-refractivity contribution in [1.82, 2.24) is 0 Å². The zero-order valence-electron chi connectivity index (χ0n) is 19.9. The molecule has 0 heterocycles. The first-order valence-electron chi connectivity index (χ1n) is 12.0. The quantitative estimate of drug-likeness (QED) is 0.251. The van der Waals surface area contributed by atoms with Crippen LogP contribution in [-0.4, -0.2) is 12.1 Å². The molecule has 0 fully saturated rings. The van der Waals surface area contributed by atoms with Crippen LogP contribution in [0.5, 0.6) is 0 Å². The predicted molar refractivity (Wildman–Crippen MR) is 119 cm³/mol. The summed E-state index contributed by atoms with van der Waals surface area (Å²) in [5.74, 6) is 1.90. The van der Waals surface area contributed by atoms with Gasteiger partial charge in [0.25, 0.3) is 0 Å². The van der Waals surface area contributed by atoms with E-state index in [1.807, 2.05) is 6.92 Å². The van der Waals surface area contributed by atoms with Crippen molar-refractivity contribution < 1.29 is 9.53 Å². The highest BCUT2D eigenvalue weighted by molar-refractivity contribution is 5.77. The van der Waals surface area contributed by atoms with Gasteiger partial charge in [-0.25, -0.2) is 0 Å². The number of esters is 1. The van der Waals surface area contributed by atoms with E-state index in [0.29, 0.717) is 11.8 Å². The van der Waals surface area contributed by atoms with Crippen molar-refractivity contribution in [1.29, 1.82) is 0 Å². The molecule has 0 saturated carbocycles. The molecule has 4 unspecified atom stereocenters. The van der Waals surface area contributed by atoms with Crippen molar-refractivity contribution in [2.24, 2.45) is 23.2 Å². The summed E-state index contributed by atoms with van der Waals surface area (Å²) in [5, 5.41) is 0. The third kappa shape index (κ3) is 9.01. The molecule has 0 aromatic carbocycles. The van der Waals surface area contributed by atoms with Crippen LogP contribution in [-0.2, 0) is 9.53 Å². The smallest absolute Gasteiger partial charge is 0.312 e. The van der Waals surface area contributed by atoms with Crippen molar-refractivity contribution in [2.45, 2.75) is 132 Å². The standard InChI is InChI=1S/C25H50O2/c1-9-14-16-22(12-4)19-23(15-10-2)25(13-5,18-17-20(6)7)24(26)27-21(8)11-3/h20-23H,9-19H2,1-8H3. The number of rotatable bonds is 16. The SMILES string of the molecule is CCCCC(CC)CC(CCC)C(CC)(CCC(C)C)C(=O)OC(C)CC. The molecule has 0 amide bonds. The number of hydrogen-bond donors (Lipinski definition) is 0. The Labute approximate surface area is 171 Å². The van der Waals surface area contributed by atoms with Crippen LogP contribution >= 0.6 is 0 Å². The third-order valence-electron chi connectivity index (χ3n) is 6.67. The maximum absolute atomic E-state index is 13.5. The molecule has 2 nitrogen and oxygen atoms in total. The second-order valence-electron chi connectivity index (χ2n) is 9.20. The first-order chi connectivity index (χ1) is 12.8. The summed E-state index contributed by atoms with van der Waals surface area (Å²) in [6.45, 7) is 17.8. The number of unbranched alkanes of at least 4 members (excludes halogenated alkanes) is 1. The molecule has 162 valence electrons. The number of carbonyl (C=O) groups is 1. The third-order valence-corrected chi connectivity index (χ3v) is 6.67. The summed E-state index contributed by atoms with van der Waals surface area (Å²) in [5.41, 5.74) is -0.302. The van der Waals surface area contributed by atoms with Crippen LogP contribution in [0.15, 0.2) is 0 Å². The molecule has 0 rings (SSSR count). The molecule has 0 aromatic rings. The van der Waals surface area contributed by atoms with Crippen LogP contribution in [0, 0.1) is 23.2 Å². The minimum Gasteiger partial charge on any atom is -0.462 e. The molecule has 0 saturated heterocycles. The van der Waals surface area contributed by atoms with Gasteiger partial charge in [-0.2, -0.15) is 0 Å². The molecule has 0 aliphatic heterocycles. The largest absolute Gasteiger partial charge is 0.462 e. The van der Waals surface area contributed by atoms with Crippen molar-refractivity contribution in [3.05, 3.63) is 0 Å². The summed E-state index contributed by atoms with van der Waals surface area (Å²) >= 11 is 0. The molecular formula is C25H50O2. The van der Waals surface area contributed by atoms with Crippen LogP contribution in [0.4, 0.5) is 0 Å². The fraction of sp³-hybridized carbons (Fsp3) is 0.960. The number of hydrogen-bond acceptors (Lipinski definition) is 2. The van der Waals surface area contributed by atoms with Gasteiger partial charge < -0.3 is 4.74 Å². The van der Waals surface area contributed by atoms with Crippen molar-refractivity contribution in [3.8, 4) is 0 Å². The van der Waals surface area contributed by atoms with Gasteiger partial charge in [-0.3, -0.25) is 4.79 Å². The van der Waals surface area contributed by atoms with Gasteiger partial charge in [0, 0.05) is 0 Å². The van der Waals surface area contributed by atoms with Crippen molar-refractivity contribution >= 4 is 5.97 Å². The topological polar surface area (TPSA) is 26.3 Å². The maximum atomic E-state index is 13.5. The highest BCUT2D eigenvalue weighted by Gasteiger charge is 2.45. The van der Waals surface area contributed by atoms with E-state index in [0.717, 1.165) is 44.4 Å². The van der Waals surface area contributed by atoms with Crippen LogP contribution in [0.1, 0.15) is 126 Å². The zero-order chi connectivity index (χ0) is 20.9. The van der Waals surface area contributed by atoms with Crippen LogP contribution in [0.25, 0.3) is 0 Å². The lowest BCUT2D eigenvalue weighted by molar-refractivity contribution is -0.167. The average Bonchev–Trinajstić information content (AvgIpc) is 2.65. The van der Waals surface area contributed by atoms with Gasteiger partial charge in [0.15, 0.2) is 0 Å². The molecular weight excluding hydrogens is 332 g/mol. The van der Waals surface area contributed by atoms with Gasteiger partial charge in [-0.15, -0.1) is 0 Å². The maximum Gasteiger partial charge on any atom is 0.312 e. The molecule has 4 atom stereocenters. The lowest BCUT2D eigenvalue weighted by atomic mass is 9.64. The highest BCUT2D eigenvalue weighted by atomic mass is 16.5. The summed E-state index contributed by atoms with van der Waals surface area (Å²) in [6, 6.07) is 0. The lowest BCUT2D eigenvalue weighted by Crippen LogP contribution is -2.42. The first-order valence-corrected chi connectivity index (χ1v) is 12.0. The predicted octanol–water partition coefficient (Wildman–Crippen LogP) is 8.18. The highest BCUT2D eigenvalue weighted by Crippen LogP contribution is 2.45. The minimum atomic E-state index is -0.302. The normalized spacial score (nSPS) is 17.4. The molecule has 27 heavy (non-hydrogen) atoms. The monoisotopic (exact) mass is 382 g/mol. The molecule has 0 radical (unpaired) electrons. The Hall–Kier alpha value is -0.530. The Morgan fingerprint density at radius 2 is 1.56 bits per heavy atom. The van der Waals surface area contributed by atoms with Gasteiger partial charge in [-0.1, -0.05) is 80.6 Å². The average molecular weight is 383 g/mol. The molecule has 0 N–H and O–H groups in total. The fourth-order valence-corrected chi connectivity index (χ4v) is 4.36. The van der Waals surface area contributed by atoms with Gasteiger partial charge >= 0.3 is 5.97 Å². The first kappa shape index (κ1) is 26.5. The Balaban J connectivity index is 5.69. The van der Waals surface area contributed by atoms with Gasteiger partial charge in [-0.05, 0) is 63.2 Å². The summed E-state index contributed by atoms with van der Waals surface area (Å²) in [6.07, 6.45) is 12.5. The van der Waals surface area contributed by atoms with E-state index in [1.54, 1.807) is 0 Å². The summed E-state index contributed by atoms with van der Waals surface area (Å²) in [7, 11) is 0. The summed E-state index contributed by atoms with van der Waals surface area (Å²) < 4.78 is 5.97. The zero-order valence-corrected chi connectivity index (χ0v) is 19.9. The van der Waals surface area contributed by atoms with Crippen LogP contribution in [0.3, 0.4) is 0 Å². The van der Waals surface area contributed by atoms with E-state index in [9.17, 15) is 4.79 Å². The Kier molecular flexibility index (Phi) is 14.2. The van der Waals surface area contributed by atoms with Gasteiger partial charge in [0.2, 0.25) is 0 Å². The second-order valence-corrected chi connectivity index (χ2v) is 9.20. The molecule has 0 aliphatic carbocycles.